The predicted molar refractivity (Wildman–Crippen MR) is 123 cm³/mol. The van der Waals surface area contributed by atoms with Gasteiger partial charge >= 0.3 is 0 Å². The summed E-state index contributed by atoms with van der Waals surface area (Å²) in [5.74, 6) is -0.412. The molecule has 2 spiro atoms. The number of fused-ring (bicyclic) bond motifs is 1. The fraction of sp³-hybridized carbons (Fsp3) is 0.708. The summed E-state index contributed by atoms with van der Waals surface area (Å²) in [7, 11) is 0. The van der Waals surface area contributed by atoms with Gasteiger partial charge in [0.1, 0.15) is 5.60 Å². The average molecular weight is 456 g/mol. The van der Waals surface area contributed by atoms with Crippen molar-refractivity contribution in [2.75, 3.05) is 18.5 Å². The van der Waals surface area contributed by atoms with Crippen LogP contribution in [0.3, 0.4) is 0 Å². The molecule has 9 nitrogen and oxygen atoms in total. The second-order valence-corrected chi connectivity index (χ2v) is 9.99. The number of nitrogens with one attached hydrogen (secondary N) is 1. The van der Waals surface area contributed by atoms with E-state index in [4.69, 9.17) is 19.3 Å². The third-order valence-corrected chi connectivity index (χ3v) is 7.90. The number of aromatic nitrogens is 3. The van der Waals surface area contributed by atoms with Crippen LogP contribution in [0.2, 0.25) is 0 Å². The number of aryl methyl sites for hydroxylation is 1. The highest BCUT2D eigenvalue weighted by Crippen LogP contribution is 2.46. The number of ether oxygens (including phenoxy) is 2. The fourth-order valence-corrected chi connectivity index (χ4v) is 5.86. The second-order valence-electron chi connectivity index (χ2n) is 9.99. The highest BCUT2D eigenvalue weighted by molar-refractivity contribution is 6.10. The van der Waals surface area contributed by atoms with Gasteiger partial charge in [-0.1, -0.05) is 5.16 Å². The van der Waals surface area contributed by atoms with Crippen molar-refractivity contribution in [1.29, 1.82) is 0 Å². The van der Waals surface area contributed by atoms with Gasteiger partial charge in [0.05, 0.1) is 42.3 Å². The highest BCUT2D eigenvalue weighted by Gasteiger charge is 2.50. The van der Waals surface area contributed by atoms with Crippen LogP contribution < -0.4 is 5.32 Å². The standard InChI is InChI=1S/C24H33N5O4/c1-2-29-22-19(15-26-29)21(27-16-3-5-17(30)6-4-16)18(14-25-22)20-13-23(33-28-20)7-9-24(10-8-23)31-11-12-32-24/h14-17,30H,2-13H2,1H3,(H,25,27). The number of hydrogen-bond donors (Lipinski definition) is 2. The molecule has 2 saturated carbocycles. The maximum absolute atomic E-state index is 9.94. The molecule has 0 radical (unpaired) electrons. The normalized spacial score (nSPS) is 28.4. The smallest absolute Gasteiger partial charge is 0.168 e. The number of rotatable bonds is 4. The number of pyridine rings is 1. The minimum atomic E-state index is -0.412. The van der Waals surface area contributed by atoms with Gasteiger partial charge < -0.3 is 24.7 Å². The summed E-state index contributed by atoms with van der Waals surface area (Å²) in [6.45, 7) is 4.20. The summed E-state index contributed by atoms with van der Waals surface area (Å²) < 4.78 is 13.7. The summed E-state index contributed by atoms with van der Waals surface area (Å²) >= 11 is 0. The van der Waals surface area contributed by atoms with Crippen molar-refractivity contribution < 1.29 is 19.4 Å². The Balaban J connectivity index is 1.27. The third kappa shape index (κ3) is 3.80. The van der Waals surface area contributed by atoms with Crippen LogP contribution in [0.5, 0.6) is 0 Å². The first-order chi connectivity index (χ1) is 16.1. The summed E-state index contributed by atoms with van der Waals surface area (Å²) in [4.78, 5) is 10.9. The van der Waals surface area contributed by atoms with Crippen LogP contribution in [0.4, 0.5) is 5.69 Å². The molecule has 33 heavy (non-hydrogen) atoms. The predicted octanol–water partition coefficient (Wildman–Crippen LogP) is 3.35. The number of aliphatic hydroxyl groups is 1. The SMILES string of the molecule is CCn1ncc2c(NC3CCC(O)CC3)c(C3=NOC4(CCC5(CC4)OCCO5)C3)cnc21. The molecule has 2 N–H and O–H groups in total. The summed E-state index contributed by atoms with van der Waals surface area (Å²) in [6, 6.07) is 0.311. The van der Waals surface area contributed by atoms with Gasteiger partial charge in [-0.25, -0.2) is 9.67 Å². The van der Waals surface area contributed by atoms with E-state index in [1.165, 1.54) is 0 Å². The van der Waals surface area contributed by atoms with Crippen LogP contribution in [0.25, 0.3) is 11.0 Å². The van der Waals surface area contributed by atoms with Gasteiger partial charge in [0.25, 0.3) is 0 Å². The van der Waals surface area contributed by atoms with E-state index in [2.05, 4.69) is 22.5 Å². The van der Waals surface area contributed by atoms with E-state index in [0.717, 1.165) is 92.3 Å². The van der Waals surface area contributed by atoms with Crippen LogP contribution in [0.15, 0.2) is 17.5 Å². The van der Waals surface area contributed by atoms with Crippen molar-refractivity contribution in [3.63, 3.8) is 0 Å². The Bertz CT molecular complexity index is 1040. The quantitative estimate of drug-likeness (QED) is 0.729. The number of anilines is 1. The minimum Gasteiger partial charge on any atom is -0.393 e. The van der Waals surface area contributed by atoms with Gasteiger partial charge in [0.15, 0.2) is 11.4 Å². The monoisotopic (exact) mass is 455 g/mol. The Morgan fingerprint density at radius 1 is 1.09 bits per heavy atom. The molecule has 6 rings (SSSR count). The number of aliphatic hydroxyl groups excluding tert-OH is 1. The van der Waals surface area contributed by atoms with Crippen molar-refractivity contribution in [3.8, 4) is 0 Å². The van der Waals surface area contributed by atoms with E-state index in [-0.39, 0.29) is 11.7 Å². The maximum atomic E-state index is 9.94. The Labute approximate surface area is 193 Å². The zero-order valence-electron chi connectivity index (χ0n) is 19.3. The van der Waals surface area contributed by atoms with Gasteiger partial charge in [0, 0.05) is 43.6 Å². The van der Waals surface area contributed by atoms with Crippen molar-refractivity contribution in [1.82, 2.24) is 14.8 Å². The lowest BCUT2D eigenvalue weighted by atomic mass is 9.78. The molecule has 4 aliphatic rings. The van der Waals surface area contributed by atoms with Crippen LogP contribution >= 0.6 is 0 Å². The first kappa shape index (κ1) is 21.3. The molecule has 0 unspecified atom stereocenters. The second kappa shape index (κ2) is 8.21. The molecule has 2 aliphatic carbocycles. The molecule has 0 amide bonds. The molecular weight excluding hydrogens is 422 g/mol. The van der Waals surface area contributed by atoms with Crippen LogP contribution in [0.1, 0.15) is 70.3 Å². The molecule has 4 heterocycles. The molecular formula is C24H33N5O4. The Morgan fingerprint density at radius 2 is 1.85 bits per heavy atom. The van der Waals surface area contributed by atoms with Gasteiger partial charge in [-0.15, -0.1) is 0 Å². The molecule has 0 atom stereocenters. The van der Waals surface area contributed by atoms with Crippen molar-refractivity contribution in [2.45, 2.75) is 94.8 Å². The van der Waals surface area contributed by atoms with Gasteiger partial charge in [-0.05, 0) is 45.4 Å². The van der Waals surface area contributed by atoms with E-state index >= 15 is 0 Å². The van der Waals surface area contributed by atoms with Crippen LogP contribution in [-0.2, 0) is 20.9 Å². The number of hydrogen-bond acceptors (Lipinski definition) is 8. The Kier molecular flexibility index (Phi) is 5.31. The lowest BCUT2D eigenvalue weighted by molar-refractivity contribution is -0.206. The molecule has 0 aromatic carbocycles. The molecule has 1 saturated heterocycles. The van der Waals surface area contributed by atoms with Crippen molar-refractivity contribution >= 4 is 22.4 Å². The van der Waals surface area contributed by atoms with Crippen molar-refractivity contribution in [2.24, 2.45) is 5.16 Å². The lowest BCUT2D eigenvalue weighted by Gasteiger charge is -2.39. The molecule has 2 aromatic rings. The molecule has 2 aliphatic heterocycles. The van der Waals surface area contributed by atoms with E-state index in [1.807, 2.05) is 17.1 Å². The molecule has 9 heteroatoms. The maximum Gasteiger partial charge on any atom is 0.168 e. The Morgan fingerprint density at radius 3 is 2.58 bits per heavy atom. The first-order valence-electron chi connectivity index (χ1n) is 12.4. The van der Waals surface area contributed by atoms with E-state index < -0.39 is 5.79 Å². The molecule has 3 fully saturated rings. The zero-order chi connectivity index (χ0) is 22.5. The molecule has 178 valence electrons. The number of oxime groups is 1. The lowest BCUT2D eigenvalue weighted by Crippen LogP contribution is -2.43. The van der Waals surface area contributed by atoms with E-state index in [9.17, 15) is 5.11 Å². The van der Waals surface area contributed by atoms with Gasteiger partial charge in [0.2, 0.25) is 0 Å². The largest absolute Gasteiger partial charge is 0.393 e. The fourth-order valence-electron chi connectivity index (χ4n) is 5.86. The Hall–Kier alpha value is -2.23. The zero-order valence-corrected chi connectivity index (χ0v) is 19.3. The first-order valence-corrected chi connectivity index (χ1v) is 12.4. The number of nitrogens with zero attached hydrogens (tertiary/aromatic N) is 4. The van der Waals surface area contributed by atoms with E-state index in [0.29, 0.717) is 19.3 Å². The average Bonchev–Trinajstić information content (AvgIpc) is 3.57. The summed E-state index contributed by atoms with van der Waals surface area (Å²) in [5, 5.41) is 23.9. The van der Waals surface area contributed by atoms with Gasteiger partial charge in [-0.3, -0.25) is 0 Å². The molecule has 2 aromatic heterocycles. The van der Waals surface area contributed by atoms with Crippen LogP contribution in [-0.4, -0.2) is 62.3 Å². The molecule has 0 bridgehead atoms. The minimum absolute atomic E-state index is 0.183. The summed E-state index contributed by atoms with van der Waals surface area (Å²) in [6.07, 6.45) is 11.4. The van der Waals surface area contributed by atoms with Gasteiger partial charge in [-0.2, -0.15) is 5.10 Å². The highest BCUT2D eigenvalue weighted by atomic mass is 16.7. The summed E-state index contributed by atoms with van der Waals surface area (Å²) in [5.41, 5.74) is 3.56. The van der Waals surface area contributed by atoms with Crippen molar-refractivity contribution in [3.05, 3.63) is 18.0 Å². The topological polar surface area (TPSA) is 103 Å². The van der Waals surface area contributed by atoms with Crippen LogP contribution in [0, 0.1) is 0 Å². The third-order valence-electron chi connectivity index (χ3n) is 7.90. The van der Waals surface area contributed by atoms with E-state index in [1.54, 1.807) is 0 Å².